The number of rotatable bonds is 6. The van der Waals surface area contributed by atoms with Crippen LogP contribution in [0, 0.1) is 0 Å². The lowest BCUT2D eigenvalue weighted by Crippen LogP contribution is -2.50. The van der Waals surface area contributed by atoms with E-state index in [9.17, 15) is 9.59 Å². The summed E-state index contributed by atoms with van der Waals surface area (Å²) in [5.41, 5.74) is 0.550. The van der Waals surface area contributed by atoms with Gasteiger partial charge >= 0.3 is 6.09 Å². The molecule has 5 rings (SSSR count). The summed E-state index contributed by atoms with van der Waals surface area (Å²) in [6, 6.07) is 12.1. The first kappa shape index (κ1) is 29.3. The number of ether oxygens (including phenoxy) is 3. The Balaban J connectivity index is 1.39. The molecule has 4 aromatic rings. The largest absolute Gasteiger partial charge is 0.494 e. The van der Waals surface area contributed by atoms with Gasteiger partial charge in [0.2, 0.25) is 5.88 Å². The summed E-state index contributed by atoms with van der Waals surface area (Å²) < 4.78 is 17.1. The van der Waals surface area contributed by atoms with Gasteiger partial charge in [0.1, 0.15) is 22.9 Å². The summed E-state index contributed by atoms with van der Waals surface area (Å²) in [5, 5.41) is 11.2. The highest BCUT2D eigenvalue weighted by atomic mass is 35.5. The molecule has 2 N–H and O–H groups in total. The van der Waals surface area contributed by atoms with E-state index < -0.39 is 11.2 Å². The molecule has 0 bridgehead atoms. The SMILES string of the molecule is COc1cc(N2CCN(C(=O)OC(C)(C)C)CC2)ccc1Nc1nc(Oc2ccc(Cl)cc2Cl)cc2cn[nH]c(=O)c12. The van der Waals surface area contributed by atoms with Crippen molar-refractivity contribution < 1.29 is 19.0 Å². The fourth-order valence-electron chi connectivity index (χ4n) is 4.49. The number of hydrogen-bond acceptors (Lipinski definition) is 9. The second kappa shape index (κ2) is 11.9. The maximum Gasteiger partial charge on any atom is 0.410 e. The molecule has 13 heteroatoms. The molecule has 0 saturated carbocycles. The Bertz CT molecular complexity index is 1680. The topological polar surface area (TPSA) is 122 Å². The number of benzene rings is 2. The Labute approximate surface area is 252 Å². The standard InChI is InChI=1S/C29H30Cl2N6O5/c1-29(2,3)42-28(39)37-11-9-36(10-12-37)19-6-7-21(23(15-19)40-4)33-26-25-17(16-32-35-27(25)38)13-24(34-26)41-22-8-5-18(30)14-20(22)31/h5-8,13-16H,9-12H2,1-4H3,(H,33,34)(H,35,38). The number of hydrogen-bond donors (Lipinski definition) is 2. The zero-order chi connectivity index (χ0) is 30.0. The Kier molecular flexibility index (Phi) is 8.33. The van der Waals surface area contributed by atoms with Gasteiger partial charge in [0, 0.05) is 54.4 Å². The first-order chi connectivity index (χ1) is 20.0. The van der Waals surface area contributed by atoms with E-state index in [0.29, 0.717) is 64.2 Å². The first-order valence-electron chi connectivity index (χ1n) is 13.2. The number of fused-ring (bicyclic) bond motifs is 1. The van der Waals surface area contributed by atoms with Gasteiger partial charge in [-0.15, -0.1) is 0 Å². The molecule has 0 radical (unpaired) electrons. The molecule has 42 heavy (non-hydrogen) atoms. The van der Waals surface area contributed by atoms with Crippen molar-refractivity contribution in [2.24, 2.45) is 0 Å². The number of H-pyrrole nitrogens is 1. The van der Waals surface area contributed by atoms with E-state index in [1.807, 2.05) is 39.0 Å². The van der Waals surface area contributed by atoms with Crippen LogP contribution in [0.3, 0.4) is 0 Å². The molecule has 1 amide bonds. The van der Waals surface area contributed by atoms with E-state index in [2.05, 4.69) is 25.4 Å². The molecule has 2 aromatic heterocycles. The fourth-order valence-corrected chi connectivity index (χ4v) is 4.94. The third kappa shape index (κ3) is 6.63. The van der Waals surface area contributed by atoms with Gasteiger partial charge in [-0.2, -0.15) is 10.1 Å². The minimum atomic E-state index is -0.541. The zero-order valence-corrected chi connectivity index (χ0v) is 25.0. The quantitative estimate of drug-likeness (QED) is 0.261. The van der Waals surface area contributed by atoms with Crippen molar-refractivity contribution in [2.45, 2.75) is 26.4 Å². The Morgan fingerprint density at radius 3 is 2.48 bits per heavy atom. The van der Waals surface area contributed by atoms with Crippen LogP contribution in [0.15, 0.2) is 53.5 Å². The van der Waals surface area contributed by atoms with Crippen LogP contribution in [0.1, 0.15) is 20.8 Å². The minimum Gasteiger partial charge on any atom is -0.494 e. The highest BCUT2D eigenvalue weighted by Gasteiger charge is 2.26. The first-order valence-corrected chi connectivity index (χ1v) is 14.0. The average Bonchev–Trinajstić information content (AvgIpc) is 2.94. The number of aromatic amines is 1. The van der Waals surface area contributed by atoms with Crippen molar-refractivity contribution in [3.63, 3.8) is 0 Å². The smallest absolute Gasteiger partial charge is 0.410 e. The third-order valence-corrected chi connectivity index (χ3v) is 7.00. The molecule has 1 fully saturated rings. The number of piperazine rings is 1. The van der Waals surface area contributed by atoms with E-state index in [-0.39, 0.29) is 17.8 Å². The monoisotopic (exact) mass is 612 g/mol. The van der Waals surface area contributed by atoms with Crippen molar-refractivity contribution in [1.29, 1.82) is 0 Å². The Hall–Kier alpha value is -4.22. The molecule has 1 aliphatic heterocycles. The number of pyridine rings is 1. The van der Waals surface area contributed by atoms with Crippen LogP contribution in [0.5, 0.6) is 17.4 Å². The third-order valence-electron chi connectivity index (χ3n) is 6.47. The zero-order valence-electron chi connectivity index (χ0n) is 23.5. The second-order valence-electron chi connectivity index (χ2n) is 10.6. The van der Waals surface area contributed by atoms with Crippen molar-refractivity contribution >= 4 is 57.3 Å². The van der Waals surface area contributed by atoms with Crippen LogP contribution in [0.4, 0.5) is 22.0 Å². The van der Waals surface area contributed by atoms with E-state index >= 15 is 0 Å². The molecule has 1 aliphatic rings. The van der Waals surface area contributed by atoms with Crippen LogP contribution in [-0.2, 0) is 4.74 Å². The van der Waals surface area contributed by atoms with Gasteiger partial charge in [-0.3, -0.25) is 4.79 Å². The summed E-state index contributed by atoms with van der Waals surface area (Å²) in [4.78, 5) is 33.7. The molecule has 0 atom stereocenters. The lowest BCUT2D eigenvalue weighted by Gasteiger charge is -2.37. The Morgan fingerprint density at radius 2 is 1.79 bits per heavy atom. The fraction of sp³-hybridized carbons (Fsp3) is 0.310. The number of carbonyl (C=O) groups excluding carboxylic acids is 1. The number of amides is 1. The number of methoxy groups -OCH3 is 1. The summed E-state index contributed by atoms with van der Waals surface area (Å²) in [7, 11) is 1.56. The van der Waals surface area contributed by atoms with Crippen LogP contribution < -0.4 is 25.2 Å². The van der Waals surface area contributed by atoms with Crippen molar-refractivity contribution in [2.75, 3.05) is 43.5 Å². The number of halogens is 2. The van der Waals surface area contributed by atoms with Crippen molar-refractivity contribution in [1.82, 2.24) is 20.1 Å². The molecule has 3 heterocycles. The molecular weight excluding hydrogens is 583 g/mol. The van der Waals surface area contributed by atoms with E-state index in [1.165, 1.54) is 6.20 Å². The lowest BCUT2D eigenvalue weighted by atomic mass is 10.2. The molecule has 11 nitrogen and oxygen atoms in total. The van der Waals surface area contributed by atoms with Crippen LogP contribution in [0.25, 0.3) is 10.8 Å². The summed E-state index contributed by atoms with van der Waals surface area (Å²) in [6.45, 7) is 7.90. The van der Waals surface area contributed by atoms with Gasteiger partial charge in [-0.05, 0) is 51.1 Å². The highest BCUT2D eigenvalue weighted by molar-refractivity contribution is 6.35. The summed E-state index contributed by atoms with van der Waals surface area (Å²) in [6.07, 6.45) is 1.20. The number of nitrogens with one attached hydrogen (secondary N) is 2. The molecule has 2 aromatic carbocycles. The predicted molar refractivity (Wildman–Crippen MR) is 163 cm³/mol. The van der Waals surface area contributed by atoms with Crippen LogP contribution in [0.2, 0.25) is 10.0 Å². The molecule has 1 saturated heterocycles. The Morgan fingerprint density at radius 1 is 1.02 bits per heavy atom. The van der Waals surface area contributed by atoms with Gasteiger partial charge in [0.15, 0.2) is 0 Å². The minimum absolute atomic E-state index is 0.195. The molecule has 220 valence electrons. The average molecular weight is 614 g/mol. The molecule has 0 unspecified atom stereocenters. The normalized spacial score (nSPS) is 13.7. The van der Waals surface area contributed by atoms with Crippen molar-refractivity contribution in [3.8, 4) is 17.4 Å². The van der Waals surface area contributed by atoms with Crippen LogP contribution in [-0.4, -0.2) is 65.1 Å². The van der Waals surface area contributed by atoms with Gasteiger partial charge in [0.25, 0.3) is 5.56 Å². The maximum atomic E-state index is 12.8. The predicted octanol–water partition coefficient (Wildman–Crippen LogP) is 6.23. The van der Waals surface area contributed by atoms with Gasteiger partial charge in [0.05, 0.1) is 29.4 Å². The highest BCUT2D eigenvalue weighted by Crippen LogP contribution is 2.36. The molecular formula is C29H30Cl2N6O5. The number of aromatic nitrogens is 3. The number of anilines is 3. The van der Waals surface area contributed by atoms with Crippen LogP contribution >= 0.6 is 23.2 Å². The number of carbonyl (C=O) groups is 1. The number of nitrogens with zero attached hydrogens (tertiary/aromatic N) is 4. The van der Waals surface area contributed by atoms with Gasteiger partial charge < -0.3 is 29.3 Å². The summed E-state index contributed by atoms with van der Waals surface area (Å²) >= 11 is 12.3. The van der Waals surface area contributed by atoms with Gasteiger partial charge in [-0.25, -0.2) is 9.89 Å². The molecule has 0 aliphatic carbocycles. The lowest BCUT2D eigenvalue weighted by molar-refractivity contribution is 0.0240. The van der Waals surface area contributed by atoms with E-state index in [0.717, 1.165) is 5.69 Å². The second-order valence-corrected chi connectivity index (χ2v) is 11.5. The maximum absolute atomic E-state index is 12.8. The molecule has 0 spiro atoms. The van der Waals surface area contributed by atoms with Gasteiger partial charge in [-0.1, -0.05) is 23.2 Å². The van der Waals surface area contributed by atoms with E-state index in [4.69, 9.17) is 37.4 Å². The van der Waals surface area contributed by atoms with E-state index in [1.54, 1.807) is 36.3 Å². The van der Waals surface area contributed by atoms with Crippen molar-refractivity contribution in [3.05, 3.63) is 69.1 Å². The summed E-state index contributed by atoms with van der Waals surface area (Å²) in [5.74, 6) is 1.33.